The van der Waals surface area contributed by atoms with E-state index in [2.05, 4.69) is 10.3 Å². The number of pyridine rings is 1. The van der Waals surface area contributed by atoms with E-state index in [9.17, 15) is 9.59 Å². The highest BCUT2D eigenvalue weighted by Gasteiger charge is 2.12. The fourth-order valence-corrected chi connectivity index (χ4v) is 2.25. The van der Waals surface area contributed by atoms with Crippen molar-refractivity contribution < 1.29 is 9.59 Å². The third-order valence-corrected chi connectivity index (χ3v) is 3.27. The summed E-state index contributed by atoms with van der Waals surface area (Å²) in [6.45, 7) is 1.88. The van der Waals surface area contributed by atoms with E-state index in [1.165, 1.54) is 0 Å². The second-order valence-electron chi connectivity index (χ2n) is 4.93. The van der Waals surface area contributed by atoms with Crippen LogP contribution in [0.4, 0.5) is 5.69 Å². The van der Waals surface area contributed by atoms with Crippen molar-refractivity contribution in [3.8, 4) is 0 Å². The van der Waals surface area contributed by atoms with Gasteiger partial charge in [0.25, 0.3) is 11.8 Å². The van der Waals surface area contributed by atoms with Gasteiger partial charge in [-0.15, -0.1) is 0 Å². The maximum absolute atomic E-state index is 12.3. The third-order valence-electron chi connectivity index (χ3n) is 3.27. The predicted octanol–water partition coefficient (Wildman–Crippen LogP) is 1.99. The summed E-state index contributed by atoms with van der Waals surface area (Å²) in [5.41, 5.74) is 8.07. The molecule has 3 rings (SSSR count). The molecule has 3 N–H and O–H groups in total. The molecule has 0 saturated heterocycles. The van der Waals surface area contributed by atoms with E-state index < -0.39 is 5.91 Å². The molecule has 1 aromatic carbocycles. The lowest BCUT2D eigenvalue weighted by atomic mass is 10.1. The number of hydrogen-bond donors (Lipinski definition) is 2. The Morgan fingerprint density at radius 1 is 1.14 bits per heavy atom. The van der Waals surface area contributed by atoms with Crippen molar-refractivity contribution in [2.45, 2.75) is 6.92 Å². The first kappa shape index (κ1) is 13.8. The first-order valence-corrected chi connectivity index (χ1v) is 6.70. The maximum atomic E-state index is 12.3. The monoisotopic (exact) mass is 294 g/mol. The summed E-state index contributed by atoms with van der Waals surface area (Å²) in [5.74, 6) is -0.904. The van der Waals surface area contributed by atoms with E-state index in [1.807, 2.05) is 13.1 Å². The number of aryl methyl sites for hydroxylation is 1. The molecule has 110 valence electrons. The minimum Gasteiger partial charge on any atom is -0.366 e. The zero-order chi connectivity index (χ0) is 15.7. The van der Waals surface area contributed by atoms with Gasteiger partial charge in [-0.3, -0.25) is 9.59 Å². The summed E-state index contributed by atoms with van der Waals surface area (Å²) in [4.78, 5) is 28.0. The number of carbonyl (C=O) groups excluding carboxylic acids is 2. The van der Waals surface area contributed by atoms with Gasteiger partial charge in [0.2, 0.25) is 0 Å². The Kier molecular flexibility index (Phi) is 3.34. The highest BCUT2D eigenvalue weighted by Crippen LogP contribution is 2.16. The predicted molar refractivity (Wildman–Crippen MR) is 82.8 cm³/mol. The number of hydrogen-bond acceptors (Lipinski definition) is 3. The highest BCUT2D eigenvalue weighted by molar-refractivity contribution is 6.08. The molecule has 0 aliphatic heterocycles. The van der Waals surface area contributed by atoms with Gasteiger partial charge in [-0.1, -0.05) is 12.1 Å². The molecular weight excluding hydrogens is 280 g/mol. The molecule has 0 atom stereocenters. The van der Waals surface area contributed by atoms with Crippen molar-refractivity contribution in [1.82, 2.24) is 9.38 Å². The number of rotatable bonds is 3. The van der Waals surface area contributed by atoms with E-state index in [1.54, 1.807) is 47.0 Å². The summed E-state index contributed by atoms with van der Waals surface area (Å²) in [5, 5.41) is 2.71. The third kappa shape index (κ3) is 2.54. The van der Waals surface area contributed by atoms with Crippen LogP contribution in [0, 0.1) is 6.92 Å². The Morgan fingerprint density at radius 2 is 1.91 bits per heavy atom. The van der Waals surface area contributed by atoms with E-state index in [-0.39, 0.29) is 11.5 Å². The lowest BCUT2D eigenvalue weighted by molar-refractivity contribution is 0.100. The molecule has 6 nitrogen and oxygen atoms in total. The minimum absolute atomic E-state index is 0.274. The number of nitrogens with zero attached hydrogens (tertiary/aromatic N) is 2. The number of nitrogens with two attached hydrogens (primary N) is 1. The van der Waals surface area contributed by atoms with Crippen LogP contribution in [-0.2, 0) is 0 Å². The fourth-order valence-electron chi connectivity index (χ4n) is 2.25. The Labute approximate surface area is 126 Å². The van der Waals surface area contributed by atoms with Gasteiger partial charge in [0, 0.05) is 12.4 Å². The van der Waals surface area contributed by atoms with Crippen molar-refractivity contribution in [1.29, 1.82) is 0 Å². The molecule has 22 heavy (non-hydrogen) atoms. The quantitative estimate of drug-likeness (QED) is 0.774. The summed E-state index contributed by atoms with van der Waals surface area (Å²) < 4.78 is 1.78. The lowest BCUT2D eigenvalue weighted by Gasteiger charge is -2.09. The lowest BCUT2D eigenvalue weighted by Crippen LogP contribution is -2.18. The second-order valence-corrected chi connectivity index (χ2v) is 4.93. The number of primary amides is 1. The van der Waals surface area contributed by atoms with Crippen LogP contribution < -0.4 is 11.1 Å². The second kappa shape index (κ2) is 5.33. The van der Waals surface area contributed by atoms with Crippen LogP contribution in [0.15, 0.2) is 48.8 Å². The van der Waals surface area contributed by atoms with Crippen molar-refractivity contribution in [2.75, 3.05) is 5.32 Å². The number of imidazole rings is 1. The Morgan fingerprint density at radius 3 is 2.68 bits per heavy atom. The standard InChI is InChI=1S/C16H14N4O2/c1-10-8-20-9-11(6-7-14(20)18-10)16(22)19-13-5-3-2-4-12(13)15(17)21/h2-9H,1H3,(H2,17,21)(H,19,22). The number of anilines is 1. The first-order chi connectivity index (χ1) is 10.5. The number of amides is 2. The van der Waals surface area contributed by atoms with Crippen molar-refractivity contribution >= 4 is 23.1 Å². The molecule has 0 saturated carbocycles. The number of aromatic nitrogens is 2. The molecule has 0 aliphatic rings. The Bertz CT molecular complexity index is 883. The molecule has 0 unspecified atom stereocenters. The molecule has 0 aliphatic carbocycles. The zero-order valence-corrected chi connectivity index (χ0v) is 11.9. The fraction of sp³-hybridized carbons (Fsp3) is 0.0625. The molecule has 0 bridgehead atoms. The normalized spacial score (nSPS) is 10.6. The molecule has 3 aromatic rings. The van der Waals surface area contributed by atoms with Crippen LogP contribution in [0.5, 0.6) is 0 Å². The molecule has 0 spiro atoms. The van der Waals surface area contributed by atoms with Gasteiger partial charge < -0.3 is 15.5 Å². The van der Waals surface area contributed by atoms with Crippen LogP contribution in [0.2, 0.25) is 0 Å². The molecule has 0 radical (unpaired) electrons. The first-order valence-electron chi connectivity index (χ1n) is 6.70. The summed E-state index contributed by atoms with van der Waals surface area (Å²) in [7, 11) is 0. The highest BCUT2D eigenvalue weighted by atomic mass is 16.2. The van der Waals surface area contributed by atoms with Crippen molar-refractivity contribution in [3.05, 3.63) is 65.6 Å². The molecule has 6 heteroatoms. The number of benzene rings is 1. The van der Waals surface area contributed by atoms with Gasteiger partial charge in [0.15, 0.2) is 0 Å². The van der Waals surface area contributed by atoms with Crippen molar-refractivity contribution in [3.63, 3.8) is 0 Å². The van der Waals surface area contributed by atoms with Crippen LogP contribution in [0.25, 0.3) is 5.65 Å². The van der Waals surface area contributed by atoms with E-state index in [0.29, 0.717) is 11.3 Å². The van der Waals surface area contributed by atoms with E-state index in [4.69, 9.17) is 5.73 Å². The number of nitrogens with one attached hydrogen (secondary N) is 1. The van der Waals surface area contributed by atoms with Gasteiger partial charge in [0.1, 0.15) is 5.65 Å². The molecule has 2 heterocycles. The van der Waals surface area contributed by atoms with Gasteiger partial charge in [-0.25, -0.2) is 4.98 Å². The van der Waals surface area contributed by atoms with Crippen molar-refractivity contribution in [2.24, 2.45) is 5.73 Å². The number of fused-ring (bicyclic) bond motifs is 1. The topological polar surface area (TPSA) is 89.5 Å². The average molecular weight is 294 g/mol. The van der Waals surface area contributed by atoms with Crippen LogP contribution in [-0.4, -0.2) is 21.2 Å². The minimum atomic E-state index is -0.586. The molecule has 2 amide bonds. The van der Waals surface area contributed by atoms with Crippen LogP contribution in [0.1, 0.15) is 26.4 Å². The van der Waals surface area contributed by atoms with Gasteiger partial charge in [-0.05, 0) is 31.2 Å². The average Bonchev–Trinajstić information content (AvgIpc) is 2.86. The largest absolute Gasteiger partial charge is 0.366 e. The number of carbonyl (C=O) groups is 2. The maximum Gasteiger partial charge on any atom is 0.257 e. The van der Waals surface area contributed by atoms with Gasteiger partial charge in [-0.2, -0.15) is 0 Å². The zero-order valence-electron chi connectivity index (χ0n) is 11.9. The van der Waals surface area contributed by atoms with Crippen LogP contribution >= 0.6 is 0 Å². The summed E-state index contributed by atoms with van der Waals surface area (Å²) in [6, 6.07) is 10.1. The smallest absolute Gasteiger partial charge is 0.257 e. The summed E-state index contributed by atoms with van der Waals surface area (Å²) >= 11 is 0. The van der Waals surface area contributed by atoms with Gasteiger partial charge >= 0.3 is 0 Å². The molecular formula is C16H14N4O2. The Hall–Kier alpha value is -3.15. The molecule has 2 aromatic heterocycles. The molecule has 0 fully saturated rings. The SMILES string of the molecule is Cc1cn2cc(C(=O)Nc3ccccc3C(N)=O)ccc2n1. The summed E-state index contributed by atoms with van der Waals surface area (Å²) in [6.07, 6.45) is 3.53. The Balaban J connectivity index is 1.91. The number of para-hydroxylation sites is 1. The van der Waals surface area contributed by atoms with E-state index in [0.717, 1.165) is 11.3 Å². The van der Waals surface area contributed by atoms with E-state index >= 15 is 0 Å². The van der Waals surface area contributed by atoms with Gasteiger partial charge in [0.05, 0.1) is 22.5 Å². The van der Waals surface area contributed by atoms with Crippen LogP contribution in [0.3, 0.4) is 0 Å².